The van der Waals surface area contributed by atoms with Crippen molar-refractivity contribution in [1.82, 2.24) is 4.90 Å². The van der Waals surface area contributed by atoms with Crippen LogP contribution in [0.2, 0.25) is 0 Å². The Morgan fingerprint density at radius 3 is 2.52 bits per heavy atom. The molecule has 2 aromatic rings. The third kappa shape index (κ3) is 2.99. The third-order valence-corrected chi connectivity index (χ3v) is 3.77. The number of benzene rings is 2. The highest BCUT2D eigenvalue weighted by molar-refractivity contribution is 5.96. The van der Waals surface area contributed by atoms with E-state index >= 15 is 0 Å². The molecule has 0 fully saturated rings. The highest BCUT2D eigenvalue weighted by Gasteiger charge is 2.21. The quantitative estimate of drug-likeness (QED) is 0.851. The molecule has 1 unspecified atom stereocenters. The van der Waals surface area contributed by atoms with E-state index in [0.29, 0.717) is 11.3 Å². The Balaban J connectivity index is 2.29. The SMILES string of the molecule is Cc1cc(N)ccc1C(=O)N(C)C(C)c1ccccc1O. The molecule has 0 aromatic heterocycles. The summed E-state index contributed by atoms with van der Waals surface area (Å²) in [5.41, 5.74) is 8.54. The Morgan fingerprint density at radius 2 is 1.90 bits per heavy atom. The largest absolute Gasteiger partial charge is 0.508 e. The van der Waals surface area contributed by atoms with Crippen molar-refractivity contribution in [2.45, 2.75) is 19.9 Å². The van der Waals surface area contributed by atoms with Crippen LogP contribution in [0.1, 0.15) is 34.5 Å². The molecule has 4 nitrogen and oxygen atoms in total. The molecule has 2 rings (SSSR count). The van der Waals surface area contributed by atoms with Gasteiger partial charge in [-0.05, 0) is 43.7 Å². The lowest BCUT2D eigenvalue weighted by atomic mass is 10.0. The molecule has 1 amide bonds. The van der Waals surface area contributed by atoms with E-state index in [1.807, 2.05) is 26.0 Å². The van der Waals surface area contributed by atoms with E-state index in [1.165, 1.54) is 0 Å². The average Bonchev–Trinajstić information content (AvgIpc) is 2.45. The molecule has 0 saturated heterocycles. The van der Waals surface area contributed by atoms with Gasteiger partial charge in [-0.25, -0.2) is 0 Å². The van der Waals surface area contributed by atoms with Crippen molar-refractivity contribution < 1.29 is 9.90 Å². The molecule has 0 aliphatic heterocycles. The summed E-state index contributed by atoms with van der Waals surface area (Å²) in [5, 5.41) is 9.92. The number of aryl methyl sites for hydroxylation is 1. The molecular formula is C17H20N2O2. The number of rotatable bonds is 3. The molecule has 0 radical (unpaired) electrons. The highest BCUT2D eigenvalue weighted by Crippen LogP contribution is 2.28. The van der Waals surface area contributed by atoms with Gasteiger partial charge in [-0.2, -0.15) is 0 Å². The van der Waals surface area contributed by atoms with Crippen molar-refractivity contribution in [2.24, 2.45) is 0 Å². The van der Waals surface area contributed by atoms with Crippen LogP contribution in [0.25, 0.3) is 0 Å². The zero-order chi connectivity index (χ0) is 15.6. The number of nitrogens with zero attached hydrogens (tertiary/aromatic N) is 1. The van der Waals surface area contributed by atoms with E-state index < -0.39 is 0 Å². The fraction of sp³-hybridized carbons (Fsp3) is 0.235. The van der Waals surface area contributed by atoms with Gasteiger partial charge in [-0.1, -0.05) is 18.2 Å². The first-order valence-corrected chi connectivity index (χ1v) is 6.83. The van der Waals surface area contributed by atoms with Gasteiger partial charge in [-0.15, -0.1) is 0 Å². The van der Waals surface area contributed by atoms with Crippen LogP contribution in [0.15, 0.2) is 42.5 Å². The average molecular weight is 284 g/mol. The zero-order valence-electron chi connectivity index (χ0n) is 12.5. The van der Waals surface area contributed by atoms with Crippen LogP contribution in [0.4, 0.5) is 5.69 Å². The molecule has 0 aliphatic rings. The number of anilines is 1. The van der Waals surface area contributed by atoms with Crippen LogP contribution in [-0.2, 0) is 0 Å². The van der Waals surface area contributed by atoms with E-state index in [0.717, 1.165) is 11.1 Å². The molecule has 3 N–H and O–H groups in total. The maximum Gasteiger partial charge on any atom is 0.254 e. The summed E-state index contributed by atoms with van der Waals surface area (Å²) in [5.74, 6) is 0.0990. The maximum absolute atomic E-state index is 12.6. The first kappa shape index (κ1) is 14.9. The van der Waals surface area contributed by atoms with Crippen molar-refractivity contribution in [3.63, 3.8) is 0 Å². The number of aromatic hydroxyl groups is 1. The maximum atomic E-state index is 12.6. The normalized spacial score (nSPS) is 12.0. The van der Waals surface area contributed by atoms with Gasteiger partial charge in [0.15, 0.2) is 0 Å². The Hall–Kier alpha value is -2.49. The van der Waals surface area contributed by atoms with Gasteiger partial charge < -0.3 is 15.7 Å². The van der Waals surface area contributed by atoms with Crippen LogP contribution in [0.3, 0.4) is 0 Å². The fourth-order valence-electron chi connectivity index (χ4n) is 2.34. The Bertz CT molecular complexity index is 668. The summed E-state index contributed by atoms with van der Waals surface area (Å²) in [6.07, 6.45) is 0. The number of phenolic OH excluding ortho intramolecular Hbond substituents is 1. The number of para-hydroxylation sites is 1. The van der Waals surface area contributed by atoms with E-state index in [-0.39, 0.29) is 17.7 Å². The molecule has 21 heavy (non-hydrogen) atoms. The van der Waals surface area contributed by atoms with Crippen molar-refractivity contribution in [3.8, 4) is 5.75 Å². The summed E-state index contributed by atoms with van der Waals surface area (Å²) < 4.78 is 0. The summed E-state index contributed by atoms with van der Waals surface area (Å²) >= 11 is 0. The van der Waals surface area contributed by atoms with Crippen LogP contribution < -0.4 is 5.73 Å². The first-order valence-electron chi connectivity index (χ1n) is 6.83. The van der Waals surface area contributed by atoms with E-state index in [9.17, 15) is 9.90 Å². The number of hydrogen-bond acceptors (Lipinski definition) is 3. The molecular weight excluding hydrogens is 264 g/mol. The molecule has 0 bridgehead atoms. The van der Waals surface area contributed by atoms with Gasteiger partial charge >= 0.3 is 0 Å². The van der Waals surface area contributed by atoms with Crippen LogP contribution in [0, 0.1) is 6.92 Å². The second-order valence-corrected chi connectivity index (χ2v) is 5.23. The number of phenols is 1. The number of nitrogen functional groups attached to an aromatic ring is 1. The number of hydrogen-bond donors (Lipinski definition) is 2. The fourth-order valence-corrected chi connectivity index (χ4v) is 2.34. The minimum atomic E-state index is -0.226. The van der Waals surface area contributed by atoms with Gasteiger partial charge in [0.1, 0.15) is 5.75 Å². The van der Waals surface area contributed by atoms with Gasteiger partial charge in [0.2, 0.25) is 0 Å². The van der Waals surface area contributed by atoms with E-state index in [4.69, 9.17) is 5.73 Å². The van der Waals surface area contributed by atoms with Crippen molar-refractivity contribution in [1.29, 1.82) is 0 Å². The second-order valence-electron chi connectivity index (χ2n) is 5.23. The topological polar surface area (TPSA) is 66.6 Å². The number of carbonyl (C=O) groups excluding carboxylic acids is 1. The van der Waals surface area contributed by atoms with Gasteiger partial charge in [0, 0.05) is 23.9 Å². The molecule has 2 aromatic carbocycles. The number of nitrogens with two attached hydrogens (primary N) is 1. The third-order valence-electron chi connectivity index (χ3n) is 3.77. The lowest BCUT2D eigenvalue weighted by Crippen LogP contribution is -2.30. The molecule has 4 heteroatoms. The Labute approximate surface area is 124 Å². The predicted molar refractivity (Wildman–Crippen MR) is 84.2 cm³/mol. The van der Waals surface area contributed by atoms with E-state index in [1.54, 1.807) is 42.3 Å². The molecule has 0 heterocycles. The Morgan fingerprint density at radius 1 is 1.24 bits per heavy atom. The van der Waals surface area contributed by atoms with Crippen LogP contribution >= 0.6 is 0 Å². The predicted octanol–water partition coefficient (Wildman–Crippen LogP) is 3.12. The minimum Gasteiger partial charge on any atom is -0.508 e. The lowest BCUT2D eigenvalue weighted by molar-refractivity contribution is 0.0740. The monoisotopic (exact) mass is 284 g/mol. The molecule has 0 saturated carbocycles. The molecule has 0 aliphatic carbocycles. The van der Waals surface area contributed by atoms with Crippen LogP contribution in [-0.4, -0.2) is 23.0 Å². The van der Waals surface area contributed by atoms with Gasteiger partial charge in [0.05, 0.1) is 6.04 Å². The summed E-state index contributed by atoms with van der Waals surface area (Å²) in [7, 11) is 1.73. The minimum absolute atomic E-state index is 0.0942. The van der Waals surface area contributed by atoms with Crippen molar-refractivity contribution in [3.05, 3.63) is 59.2 Å². The lowest BCUT2D eigenvalue weighted by Gasteiger charge is -2.26. The Kier molecular flexibility index (Phi) is 4.17. The van der Waals surface area contributed by atoms with Gasteiger partial charge in [-0.3, -0.25) is 4.79 Å². The highest BCUT2D eigenvalue weighted by atomic mass is 16.3. The summed E-state index contributed by atoms with van der Waals surface area (Å²) in [6, 6.07) is 12.1. The second kappa shape index (κ2) is 5.87. The standard InChI is InChI=1S/C17H20N2O2/c1-11-10-13(18)8-9-14(11)17(21)19(3)12(2)15-6-4-5-7-16(15)20/h4-10,12,20H,18H2,1-3H3. The summed E-state index contributed by atoms with van der Waals surface area (Å²) in [4.78, 5) is 14.2. The van der Waals surface area contributed by atoms with Gasteiger partial charge in [0.25, 0.3) is 5.91 Å². The van der Waals surface area contributed by atoms with Crippen molar-refractivity contribution in [2.75, 3.05) is 12.8 Å². The molecule has 1 atom stereocenters. The first-order chi connectivity index (χ1) is 9.91. The zero-order valence-corrected chi connectivity index (χ0v) is 12.5. The smallest absolute Gasteiger partial charge is 0.254 e. The molecule has 110 valence electrons. The number of carbonyl (C=O) groups is 1. The van der Waals surface area contributed by atoms with E-state index in [2.05, 4.69) is 0 Å². The molecule has 0 spiro atoms. The van der Waals surface area contributed by atoms with Crippen molar-refractivity contribution >= 4 is 11.6 Å². The van der Waals surface area contributed by atoms with Crippen LogP contribution in [0.5, 0.6) is 5.75 Å². The number of amides is 1. The summed E-state index contributed by atoms with van der Waals surface area (Å²) in [6.45, 7) is 3.75.